The maximum absolute atomic E-state index is 10.9. The van der Waals surface area contributed by atoms with Gasteiger partial charge in [-0.25, -0.2) is 4.79 Å². The van der Waals surface area contributed by atoms with Crippen LogP contribution in [0.25, 0.3) is 22.2 Å². The van der Waals surface area contributed by atoms with Crippen molar-refractivity contribution >= 4 is 16.9 Å². The molecule has 0 aliphatic rings. The first-order valence-electron chi connectivity index (χ1n) is 5.44. The summed E-state index contributed by atoms with van der Waals surface area (Å²) in [4.78, 5) is 10.9. The van der Waals surface area contributed by atoms with Crippen LogP contribution in [0, 0.1) is 0 Å². The Morgan fingerprint density at radius 3 is 2.61 bits per heavy atom. The quantitative estimate of drug-likeness (QED) is 0.745. The second-order valence-electron chi connectivity index (χ2n) is 3.91. The summed E-state index contributed by atoms with van der Waals surface area (Å²) in [5.41, 5.74) is 1.67. The molecule has 0 radical (unpaired) electrons. The van der Waals surface area contributed by atoms with Gasteiger partial charge in [0.2, 0.25) is 0 Å². The molecule has 88 valence electrons. The Labute approximate surface area is 102 Å². The molecule has 0 atom stereocenters. The Hall–Kier alpha value is -2.62. The van der Waals surface area contributed by atoms with Crippen molar-refractivity contribution in [2.45, 2.75) is 0 Å². The van der Waals surface area contributed by atoms with Crippen LogP contribution in [0.3, 0.4) is 0 Å². The van der Waals surface area contributed by atoms with Crippen molar-refractivity contribution in [1.82, 2.24) is 5.16 Å². The molecule has 0 saturated carbocycles. The lowest BCUT2D eigenvalue weighted by atomic mass is 10.1. The summed E-state index contributed by atoms with van der Waals surface area (Å²) in [5, 5.41) is 13.6. The summed E-state index contributed by atoms with van der Waals surface area (Å²) >= 11 is 0. The van der Waals surface area contributed by atoms with Gasteiger partial charge in [0.1, 0.15) is 5.52 Å². The van der Waals surface area contributed by atoms with E-state index in [1.54, 1.807) is 12.1 Å². The molecular weight excluding hydrogens is 230 g/mol. The van der Waals surface area contributed by atoms with E-state index < -0.39 is 5.97 Å². The number of aromatic nitrogens is 1. The molecule has 1 heterocycles. The largest absolute Gasteiger partial charge is 0.478 e. The highest BCUT2D eigenvalue weighted by Crippen LogP contribution is 2.28. The van der Waals surface area contributed by atoms with E-state index >= 15 is 0 Å². The highest BCUT2D eigenvalue weighted by molar-refractivity contribution is 5.97. The molecule has 3 aromatic rings. The van der Waals surface area contributed by atoms with Gasteiger partial charge in [0.15, 0.2) is 5.76 Å². The van der Waals surface area contributed by atoms with E-state index in [0.29, 0.717) is 11.3 Å². The van der Waals surface area contributed by atoms with Gasteiger partial charge in [-0.05, 0) is 18.2 Å². The van der Waals surface area contributed by atoms with Gasteiger partial charge in [0.25, 0.3) is 0 Å². The SMILES string of the molecule is O=C(O)c1ccc2c(-c3ccccc3)onc2c1. The third-order valence-corrected chi connectivity index (χ3v) is 2.76. The van der Waals surface area contributed by atoms with Crippen LogP contribution in [0.5, 0.6) is 0 Å². The van der Waals surface area contributed by atoms with Crippen LogP contribution in [-0.4, -0.2) is 16.2 Å². The zero-order valence-corrected chi connectivity index (χ0v) is 9.33. The van der Waals surface area contributed by atoms with E-state index in [0.717, 1.165) is 10.9 Å². The summed E-state index contributed by atoms with van der Waals surface area (Å²) in [7, 11) is 0. The average molecular weight is 239 g/mol. The predicted octanol–water partition coefficient (Wildman–Crippen LogP) is 3.19. The van der Waals surface area contributed by atoms with Gasteiger partial charge < -0.3 is 9.63 Å². The summed E-state index contributed by atoms with van der Waals surface area (Å²) in [5.74, 6) is -0.316. The first-order chi connectivity index (χ1) is 8.75. The number of rotatable bonds is 2. The smallest absolute Gasteiger partial charge is 0.335 e. The number of hydrogen-bond acceptors (Lipinski definition) is 3. The van der Waals surface area contributed by atoms with Gasteiger partial charge in [-0.2, -0.15) is 0 Å². The number of aromatic carboxylic acids is 1. The standard InChI is InChI=1S/C14H9NO3/c16-14(17)10-6-7-11-12(8-10)15-18-13(11)9-4-2-1-3-5-9/h1-8H,(H,16,17). The second-order valence-corrected chi connectivity index (χ2v) is 3.91. The number of fused-ring (bicyclic) bond motifs is 1. The van der Waals surface area contributed by atoms with Crippen LogP contribution in [-0.2, 0) is 0 Å². The van der Waals surface area contributed by atoms with Crippen molar-refractivity contribution < 1.29 is 14.4 Å². The van der Waals surface area contributed by atoms with Gasteiger partial charge in [-0.3, -0.25) is 0 Å². The molecule has 0 aliphatic carbocycles. The molecule has 2 aromatic carbocycles. The van der Waals surface area contributed by atoms with E-state index in [9.17, 15) is 4.79 Å². The molecular formula is C14H9NO3. The topological polar surface area (TPSA) is 63.3 Å². The summed E-state index contributed by atoms with van der Waals surface area (Å²) in [6.07, 6.45) is 0. The minimum Gasteiger partial charge on any atom is -0.478 e. The fourth-order valence-electron chi connectivity index (χ4n) is 1.87. The van der Waals surface area contributed by atoms with Crippen LogP contribution in [0.4, 0.5) is 0 Å². The van der Waals surface area contributed by atoms with Crippen molar-refractivity contribution in [3.8, 4) is 11.3 Å². The third kappa shape index (κ3) is 1.64. The molecule has 0 aliphatic heterocycles. The van der Waals surface area contributed by atoms with Gasteiger partial charge in [0, 0.05) is 10.9 Å². The predicted molar refractivity (Wildman–Crippen MR) is 66.4 cm³/mol. The first-order valence-corrected chi connectivity index (χ1v) is 5.44. The second kappa shape index (κ2) is 4.00. The van der Waals surface area contributed by atoms with Crippen LogP contribution in [0.1, 0.15) is 10.4 Å². The molecule has 1 aromatic heterocycles. The molecule has 0 unspecified atom stereocenters. The lowest BCUT2D eigenvalue weighted by Crippen LogP contribution is -1.94. The van der Waals surface area contributed by atoms with E-state index in [2.05, 4.69) is 5.16 Å². The summed E-state index contributed by atoms with van der Waals surface area (Å²) in [6.45, 7) is 0. The fraction of sp³-hybridized carbons (Fsp3) is 0. The Bertz CT molecular complexity index is 716. The molecule has 0 fully saturated rings. The minimum absolute atomic E-state index is 0.204. The number of carbonyl (C=O) groups is 1. The lowest BCUT2D eigenvalue weighted by Gasteiger charge is -1.96. The maximum atomic E-state index is 10.9. The third-order valence-electron chi connectivity index (χ3n) is 2.76. The van der Waals surface area contributed by atoms with E-state index in [1.165, 1.54) is 6.07 Å². The molecule has 3 rings (SSSR count). The molecule has 0 saturated heterocycles. The highest BCUT2D eigenvalue weighted by Gasteiger charge is 2.12. The zero-order chi connectivity index (χ0) is 12.5. The van der Waals surface area contributed by atoms with Gasteiger partial charge >= 0.3 is 5.97 Å². The fourth-order valence-corrected chi connectivity index (χ4v) is 1.87. The molecule has 0 bridgehead atoms. The number of benzene rings is 2. The van der Waals surface area contributed by atoms with E-state index in [4.69, 9.17) is 9.63 Å². The number of carboxylic acids is 1. The Morgan fingerprint density at radius 1 is 1.11 bits per heavy atom. The number of hydrogen-bond donors (Lipinski definition) is 1. The number of nitrogens with zero attached hydrogens (tertiary/aromatic N) is 1. The molecule has 18 heavy (non-hydrogen) atoms. The van der Waals surface area contributed by atoms with Crippen molar-refractivity contribution in [2.75, 3.05) is 0 Å². The van der Waals surface area contributed by atoms with Gasteiger partial charge in [-0.1, -0.05) is 35.5 Å². The van der Waals surface area contributed by atoms with E-state index in [-0.39, 0.29) is 5.56 Å². The van der Waals surface area contributed by atoms with Gasteiger partial charge in [-0.15, -0.1) is 0 Å². The lowest BCUT2D eigenvalue weighted by molar-refractivity contribution is 0.0697. The van der Waals surface area contributed by atoms with Crippen molar-refractivity contribution in [3.63, 3.8) is 0 Å². The van der Waals surface area contributed by atoms with Gasteiger partial charge in [0.05, 0.1) is 5.56 Å². The van der Waals surface area contributed by atoms with Crippen molar-refractivity contribution in [3.05, 3.63) is 54.1 Å². The Kier molecular flexibility index (Phi) is 2.34. The average Bonchev–Trinajstić information content (AvgIpc) is 2.82. The highest BCUT2D eigenvalue weighted by atomic mass is 16.5. The number of carboxylic acid groups (broad SMARTS) is 1. The Morgan fingerprint density at radius 2 is 1.89 bits per heavy atom. The van der Waals surface area contributed by atoms with E-state index in [1.807, 2.05) is 30.3 Å². The van der Waals surface area contributed by atoms with Crippen LogP contribution < -0.4 is 0 Å². The maximum Gasteiger partial charge on any atom is 0.335 e. The normalized spacial score (nSPS) is 10.7. The monoisotopic (exact) mass is 239 g/mol. The summed E-state index contributed by atoms with van der Waals surface area (Å²) in [6, 6.07) is 14.4. The Balaban J connectivity index is 2.19. The molecule has 0 amide bonds. The molecule has 0 spiro atoms. The van der Waals surface area contributed by atoms with Crippen molar-refractivity contribution in [1.29, 1.82) is 0 Å². The molecule has 1 N–H and O–H groups in total. The van der Waals surface area contributed by atoms with Crippen LogP contribution in [0.2, 0.25) is 0 Å². The minimum atomic E-state index is -0.971. The van der Waals surface area contributed by atoms with Crippen LogP contribution >= 0.6 is 0 Å². The molecule has 4 heteroatoms. The first kappa shape index (κ1) is 10.5. The van der Waals surface area contributed by atoms with Crippen LogP contribution in [0.15, 0.2) is 53.1 Å². The summed E-state index contributed by atoms with van der Waals surface area (Å²) < 4.78 is 5.29. The molecule has 4 nitrogen and oxygen atoms in total. The van der Waals surface area contributed by atoms with Crippen molar-refractivity contribution in [2.24, 2.45) is 0 Å². The zero-order valence-electron chi connectivity index (χ0n) is 9.33.